The second-order valence-electron chi connectivity index (χ2n) is 13.6. The Morgan fingerprint density at radius 3 is 2.25 bits per heavy atom. The van der Waals surface area contributed by atoms with E-state index in [9.17, 15) is 5.11 Å². The molecule has 4 aromatic carbocycles. The second-order valence-corrected chi connectivity index (χ2v) is 14.0. The first-order valence-corrected chi connectivity index (χ1v) is 19.1. The highest BCUT2D eigenvalue weighted by atomic mass is 35.5. The summed E-state index contributed by atoms with van der Waals surface area (Å²) in [5.74, 6) is 1.90. The summed E-state index contributed by atoms with van der Waals surface area (Å²) in [7, 11) is 0. The van der Waals surface area contributed by atoms with Gasteiger partial charge in [0.25, 0.3) is 0 Å². The molecule has 0 bridgehead atoms. The van der Waals surface area contributed by atoms with E-state index in [-0.39, 0.29) is 12.7 Å². The molecule has 0 aliphatic carbocycles. The summed E-state index contributed by atoms with van der Waals surface area (Å²) in [6, 6.07) is 26.3. The lowest BCUT2D eigenvalue weighted by atomic mass is 9.89. The molecule has 0 unspecified atom stereocenters. The summed E-state index contributed by atoms with van der Waals surface area (Å²) in [4.78, 5) is 9.85. The van der Waals surface area contributed by atoms with E-state index in [0.717, 1.165) is 63.2 Å². The smallest absolute Gasteiger partial charge is 0.205 e. The molecule has 1 atom stereocenters. The number of benzene rings is 4. The molecule has 55 heavy (non-hydrogen) atoms. The number of aliphatic hydroxyl groups excluding tert-OH is 1. The monoisotopic (exact) mass is 761 g/mol. The lowest BCUT2D eigenvalue weighted by Crippen LogP contribution is -2.25. The molecular formula is C45H48ClN3O6. The Bertz CT molecular complexity index is 2090. The van der Waals surface area contributed by atoms with Gasteiger partial charge in [-0.2, -0.15) is 0 Å². The summed E-state index contributed by atoms with van der Waals surface area (Å²) in [5.41, 5.74) is 10.00. The number of rotatable bonds is 17. The van der Waals surface area contributed by atoms with Crippen LogP contribution in [0.15, 0.2) is 91.3 Å². The van der Waals surface area contributed by atoms with Gasteiger partial charge in [0.05, 0.1) is 17.7 Å². The van der Waals surface area contributed by atoms with E-state index >= 15 is 0 Å². The van der Waals surface area contributed by atoms with Gasteiger partial charge >= 0.3 is 0 Å². The third-order valence-electron chi connectivity index (χ3n) is 9.77. The van der Waals surface area contributed by atoms with Crippen molar-refractivity contribution in [2.24, 2.45) is 0 Å². The molecule has 0 amide bonds. The van der Waals surface area contributed by atoms with Crippen LogP contribution in [0.2, 0.25) is 5.02 Å². The number of β-amino-alcohol motifs (C(OH)–C–C–N with tert-alkyl or cyclic N) is 1. The molecule has 6 rings (SSSR count). The van der Waals surface area contributed by atoms with E-state index in [0.29, 0.717) is 61.7 Å². The lowest BCUT2D eigenvalue weighted by Gasteiger charge is -2.20. The highest BCUT2D eigenvalue weighted by Crippen LogP contribution is 2.38. The zero-order valence-corrected chi connectivity index (χ0v) is 32.6. The molecule has 1 saturated heterocycles. The van der Waals surface area contributed by atoms with Crippen LogP contribution < -0.4 is 14.2 Å². The molecule has 2 heterocycles. The third kappa shape index (κ3) is 10.2. The van der Waals surface area contributed by atoms with Crippen molar-refractivity contribution in [1.29, 1.82) is 0 Å². The molecule has 1 fully saturated rings. The first-order valence-electron chi connectivity index (χ1n) is 18.7. The Balaban J connectivity index is 1.19. The predicted molar refractivity (Wildman–Crippen MR) is 216 cm³/mol. The topological polar surface area (TPSA) is 86.9 Å². The minimum Gasteiger partial charge on any atom is -0.488 e. The van der Waals surface area contributed by atoms with Gasteiger partial charge in [-0.25, -0.2) is 4.85 Å². The lowest BCUT2D eigenvalue weighted by molar-refractivity contribution is -0.152. The molecule has 10 heteroatoms. The van der Waals surface area contributed by atoms with Crippen molar-refractivity contribution in [2.45, 2.75) is 66.3 Å². The first-order chi connectivity index (χ1) is 26.8. The molecule has 1 aromatic heterocycles. The number of hydrogen-bond donors (Lipinski definition) is 1. The highest BCUT2D eigenvalue weighted by Gasteiger charge is 2.23. The largest absolute Gasteiger partial charge is 0.488 e. The number of pyridine rings is 1. The van der Waals surface area contributed by atoms with Gasteiger partial charge in [-0.15, -0.1) is 0 Å². The van der Waals surface area contributed by atoms with Crippen LogP contribution in [0.1, 0.15) is 48.1 Å². The quantitative estimate of drug-likeness (QED) is 0.0741. The van der Waals surface area contributed by atoms with Gasteiger partial charge in [-0.3, -0.25) is 9.88 Å². The fourth-order valence-electron chi connectivity index (χ4n) is 6.85. The Hall–Kier alpha value is -4.95. The zero-order valence-electron chi connectivity index (χ0n) is 31.9. The molecule has 1 aliphatic rings. The van der Waals surface area contributed by atoms with Crippen molar-refractivity contribution >= 4 is 17.3 Å². The van der Waals surface area contributed by atoms with Crippen molar-refractivity contribution in [3.63, 3.8) is 0 Å². The first kappa shape index (κ1) is 39.7. The molecule has 0 saturated carbocycles. The molecule has 286 valence electrons. The molecule has 9 nitrogen and oxygen atoms in total. The molecule has 1 aliphatic heterocycles. The molecule has 0 spiro atoms. The number of likely N-dealkylation sites (tertiary alicyclic amines) is 1. The van der Waals surface area contributed by atoms with Gasteiger partial charge in [-0.1, -0.05) is 60.1 Å². The SMILES string of the molecule is [C-]#[N+]c1cncc(COc2cc(OCc3cccc(-c4cccc(-c5ccc(OCC(OCC)OCC)cc5)c4C)c3C)c(Cl)cc2CN2CC[C@@H](O)C2)c1. The number of aliphatic hydroxyl groups is 1. The summed E-state index contributed by atoms with van der Waals surface area (Å²) < 4.78 is 29.9. The summed E-state index contributed by atoms with van der Waals surface area (Å²) in [6.07, 6.45) is 3.22. The Labute approximate surface area is 329 Å². The fourth-order valence-corrected chi connectivity index (χ4v) is 7.10. The van der Waals surface area contributed by atoms with E-state index in [2.05, 4.69) is 77.1 Å². The third-order valence-corrected chi connectivity index (χ3v) is 10.1. The van der Waals surface area contributed by atoms with Crippen LogP contribution in [0.25, 0.3) is 27.1 Å². The number of halogens is 1. The minimum atomic E-state index is -0.396. The zero-order chi connectivity index (χ0) is 38.7. The fraction of sp³-hybridized carbons (Fsp3) is 0.333. The van der Waals surface area contributed by atoms with Crippen molar-refractivity contribution in [3.8, 4) is 39.5 Å². The molecule has 5 aromatic rings. The average molecular weight is 762 g/mol. The van der Waals surface area contributed by atoms with Crippen LogP contribution in [0.3, 0.4) is 0 Å². The van der Waals surface area contributed by atoms with Crippen molar-refractivity contribution in [1.82, 2.24) is 9.88 Å². The van der Waals surface area contributed by atoms with Gasteiger partial charge in [0.15, 0.2) is 6.29 Å². The van der Waals surface area contributed by atoms with Crippen LogP contribution in [0.4, 0.5) is 5.69 Å². The average Bonchev–Trinajstić information content (AvgIpc) is 3.61. The van der Waals surface area contributed by atoms with E-state index < -0.39 is 6.29 Å². The Morgan fingerprint density at radius 1 is 0.836 bits per heavy atom. The van der Waals surface area contributed by atoms with Crippen LogP contribution in [-0.2, 0) is 29.2 Å². The van der Waals surface area contributed by atoms with Gasteiger partial charge in [-0.05, 0) is 103 Å². The maximum Gasteiger partial charge on any atom is 0.205 e. The maximum absolute atomic E-state index is 10.1. The number of ether oxygens (including phenoxy) is 5. The predicted octanol–water partition coefficient (Wildman–Crippen LogP) is 9.74. The number of aromatic nitrogens is 1. The normalized spacial score (nSPS) is 14.3. The number of hydrogen-bond acceptors (Lipinski definition) is 8. The van der Waals surface area contributed by atoms with Crippen molar-refractivity contribution < 1.29 is 28.8 Å². The van der Waals surface area contributed by atoms with Crippen molar-refractivity contribution in [3.05, 3.63) is 136 Å². The highest BCUT2D eigenvalue weighted by molar-refractivity contribution is 6.32. The van der Waals surface area contributed by atoms with Crippen molar-refractivity contribution in [2.75, 3.05) is 32.9 Å². The summed E-state index contributed by atoms with van der Waals surface area (Å²) in [5, 5.41) is 10.6. The second kappa shape index (κ2) is 19.1. The molecular weight excluding hydrogens is 714 g/mol. The summed E-state index contributed by atoms with van der Waals surface area (Å²) in [6.45, 7) is 19.4. The van der Waals surface area contributed by atoms with E-state index in [4.69, 9.17) is 41.9 Å². The molecule has 1 N–H and O–H groups in total. The Morgan fingerprint density at radius 2 is 1.55 bits per heavy atom. The van der Waals surface area contributed by atoms with Crippen LogP contribution in [0.5, 0.6) is 17.2 Å². The van der Waals surface area contributed by atoms with E-state index in [1.54, 1.807) is 12.3 Å². The van der Waals surface area contributed by atoms with E-state index in [1.807, 2.05) is 38.1 Å². The van der Waals surface area contributed by atoms with Crippen LogP contribution in [0, 0.1) is 20.4 Å². The van der Waals surface area contributed by atoms with E-state index in [1.165, 1.54) is 11.8 Å². The Kier molecular flexibility index (Phi) is 13.8. The van der Waals surface area contributed by atoms with Gasteiger partial charge in [0.2, 0.25) is 5.69 Å². The van der Waals surface area contributed by atoms with Crippen LogP contribution >= 0.6 is 11.6 Å². The van der Waals surface area contributed by atoms with Gasteiger partial charge in [0, 0.05) is 56.9 Å². The molecule has 0 radical (unpaired) electrons. The van der Waals surface area contributed by atoms with Gasteiger partial charge in [0.1, 0.15) is 37.1 Å². The minimum absolute atomic E-state index is 0.230. The standard InChI is InChI=1S/C45H48ClN3O6/c1-6-51-45(52-7-2)29-53-38-16-14-33(15-17-38)39-11-9-13-41(31(39)4)40-12-8-10-34(30(40)3)28-55-44-22-43(54-27-32-20-36(47-5)24-48-23-32)35(21-42(44)46)25-49-19-18-37(50)26-49/h8-17,20-24,37,45,50H,6-7,18-19,25-29H2,1-4H3/t37-/m1/s1. The summed E-state index contributed by atoms with van der Waals surface area (Å²) >= 11 is 6.86. The van der Waals surface area contributed by atoms with Crippen LogP contribution in [-0.4, -0.2) is 60.3 Å². The number of nitrogens with zero attached hydrogens (tertiary/aromatic N) is 3. The van der Waals surface area contributed by atoms with Gasteiger partial charge < -0.3 is 28.8 Å². The maximum atomic E-state index is 10.1.